The van der Waals surface area contributed by atoms with Crippen molar-refractivity contribution in [3.05, 3.63) is 29.6 Å². The minimum atomic E-state index is -1.03. The summed E-state index contributed by atoms with van der Waals surface area (Å²) in [6.45, 7) is 5.67. The van der Waals surface area contributed by atoms with Crippen molar-refractivity contribution in [2.45, 2.75) is 45.4 Å². The van der Waals surface area contributed by atoms with E-state index in [1.165, 1.54) is 23.2 Å². The number of nitrogens with one attached hydrogen (secondary N) is 1. The minimum Gasteiger partial charge on any atom is -0.497 e. The lowest BCUT2D eigenvalue weighted by atomic mass is 10.1. The van der Waals surface area contributed by atoms with Gasteiger partial charge in [-0.1, -0.05) is 0 Å². The number of ether oxygens (including phenoxy) is 2. The number of hydrogen-bond donors (Lipinski definition) is 2. The lowest BCUT2D eigenvalue weighted by Gasteiger charge is -2.19. The van der Waals surface area contributed by atoms with Crippen molar-refractivity contribution in [1.29, 1.82) is 0 Å². The number of thiazole rings is 1. The third-order valence-corrected chi connectivity index (χ3v) is 6.18. The summed E-state index contributed by atoms with van der Waals surface area (Å²) >= 11 is 1.49. The highest BCUT2D eigenvalue weighted by atomic mass is 32.1. The molecule has 0 spiro atoms. The molecule has 0 aliphatic carbocycles. The Hall–Kier alpha value is -3.40. The molecule has 0 saturated carbocycles. The number of nitrogens with zero attached hydrogens (tertiary/aromatic N) is 3. The maximum Gasteiger partial charge on any atom is 0.326 e. The van der Waals surface area contributed by atoms with E-state index in [-0.39, 0.29) is 24.9 Å². The molecule has 0 bridgehead atoms. The summed E-state index contributed by atoms with van der Waals surface area (Å²) in [5.74, 6) is -0.100. The number of carbonyl (C=O) groups is 2. The first-order chi connectivity index (χ1) is 15.7. The van der Waals surface area contributed by atoms with Crippen LogP contribution in [0.15, 0.2) is 29.6 Å². The average molecular weight is 471 g/mol. The maximum absolute atomic E-state index is 11.9. The van der Waals surface area contributed by atoms with E-state index in [9.17, 15) is 14.7 Å². The number of benzene rings is 1. The van der Waals surface area contributed by atoms with Crippen molar-refractivity contribution < 1.29 is 24.2 Å². The number of carboxylic acid groups (broad SMARTS) is 1. The van der Waals surface area contributed by atoms with Crippen LogP contribution in [0.4, 0.5) is 5.13 Å². The largest absolute Gasteiger partial charge is 0.497 e. The van der Waals surface area contributed by atoms with Crippen molar-refractivity contribution in [2.24, 2.45) is 0 Å². The standard InChI is InChI=1S/C23H26N4O5S/c1-12(2)24-23-26-19(11-33-23)18-9-21(16-6-5-14(31-4)7-17(16)25-18)32-15-8-20(22(29)30)27(10-15)13(3)28/h5-7,9,11-12,15,20H,8,10H2,1-4H3,(H,24,26)(H,29,30). The fourth-order valence-corrected chi connectivity index (χ4v) is 4.73. The summed E-state index contributed by atoms with van der Waals surface area (Å²) in [5, 5.41) is 16.3. The van der Waals surface area contributed by atoms with Gasteiger partial charge in [-0.25, -0.2) is 14.8 Å². The zero-order valence-electron chi connectivity index (χ0n) is 18.9. The van der Waals surface area contributed by atoms with E-state index in [2.05, 4.69) is 10.3 Å². The highest BCUT2D eigenvalue weighted by Crippen LogP contribution is 2.35. The van der Waals surface area contributed by atoms with Gasteiger partial charge < -0.3 is 24.8 Å². The number of anilines is 1. The van der Waals surface area contributed by atoms with Crippen molar-refractivity contribution in [3.63, 3.8) is 0 Å². The van der Waals surface area contributed by atoms with Crippen LogP contribution in [0.3, 0.4) is 0 Å². The Morgan fingerprint density at radius 1 is 1.24 bits per heavy atom. The van der Waals surface area contributed by atoms with E-state index in [1.807, 2.05) is 43.5 Å². The van der Waals surface area contributed by atoms with Gasteiger partial charge in [0.2, 0.25) is 5.91 Å². The summed E-state index contributed by atoms with van der Waals surface area (Å²) in [6, 6.07) is 6.67. The van der Waals surface area contributed by atoms with Crippen LogP contribution in [0.25, 0.3) is 22.3 Å². The number of aromatic nitrogens is 2. The van der Waals surface area contributed by atoms with Gasteiger partial charge in [0.1, 0.15) is 29.3 Å². The molecule has 3 aromatic rings. The monoisotopic (exact) mass is 470 g/mol. The fourth-order valence-electron chi connectivity index (χ4n) is 3.88. The average Bonchev–Trinajstić information content (AvgIpc) is 3.40. The molecule has 4 rings (SSSR count). The van der Waals surface area contributed by atoms with E-state index >= 15 is 0 Å². The Balaban J connectivity index is 1.71. The molecule has 1 fully saturated rings. The van der Waals surface area contributed by atoms with Gasteiger partial charge in [0.25, 0.3) is 0 Å². The molecular weight excluding hydrogens is 444 g/mol. The number of amides is 1. The van der Waals surface area contributed by atoms with Crippen molar-refractivity contribution in [1.82, 2.24) is 14.9 Å². The number of carboxylic acids is 1. The molecule has 9 nitrogen and oxygen atoms in total. The topological polar surface area (TPSA) is 114 Å². The third-order valence-electron chi connectivity index (χ3n) is 5.40. The minimum absolute atomic E-state index is 0.209. The second kappa shape index (κ2) is 9.22. The number of pyridine rings is 1. The van der Waals surface area contributed by atoms with Crippen LogP contribution in [-0.2, 0) is 9.59 Å². The van der Waals surface area contributed by atoms with Crippen LogP contribution in [0, 0.1) is 0 Å². The normalized spacial score (nSPS) is 18.0. The van der Waals surface area contributed by atoms with Crippen molar-refractivity contribution >= 4 is 39.2 Å². The zero-order chi connectivity index (χ0) is 23.7. The quantitative estimate of drug-likeness (QED) is 0.538. The molecule has 2 aromatic heterocycles. The molecule has 1 aliphatic rings. The number of rotatable bonds is 7. The molecule has 33 heavy (non-hydrogen) atoms. The second-order valence-corrected chi connectivity index (χ2v) is 9.08. The van der Waals surface area contributed by atoms with E-state index in [4.69, 9.17) is 14.5 Å². The molecule has 1 aliphatic heterocycles. The van der Waals surface area contributed by atoms with Crippen LogP contribution < -0.4 is 14.8 Å². The highest BCUT2D eigenvalue weighted by Gasteiger charge is 2.39. The molecule has 10 heteroatoms. The van der Waals surface area contributed by atoms with Crippen LogP contribution >= 0.6 is 11.3 Å². The molecule has 2 N–H and O–H groups in total. The molecule has 1 aromatic carbocycles. The SMILES string of the molecule is COc1ccc2c(OC3CC(C(=O)O)N(C(C)=O)C3)cc(-c3csc(NC(C)C)n3)nc2c1. The van der Waals surface area contributed by atoms with Gasteiger partial charge in [0.05, 0.1) is 24.9 Å². The summed E-state index contributed by atoms with van der Waals surface area (Å²) in [4.78, 5) is 34.3. The highest BCUT2D eigenvalue weighted by molar-refractivity contribution is 7.14. The molecular formula is C23H26N4O5S. The number of hydrogen-bond acceptors (Lipinski definition) is 8. The van der Waals surface area contributed by atoms with E-state index in [0.717, 1.165) is 10.5 Å². The first kappa shape index (κ1) is 22.8. The van der Waals surface area contributed by atoms with Crippen LogP contribution in [-0.4, -0.2) is 63.7 Å². The van der Waals surface area contributed by atoms with Crippen LogP contribution in [0.5, 0.6) is 11.5 Å². The number of methoxy groups -OCH3 is 1. The third kappa shape index (κ3) is 4.85. The Morgan fingerprint density at radius 2 is 2.03 bits per heavy atom. The van der Waals surface area contributed by atoms with Crippen molar-refractivity contribution in [3.8, 4) is 22.9 Å². The summed E-state index contributed by atoms with van der Waals surface area (Å²) in [5.41, 5.74) is 2.01. The molecule has 3 heterocycles. The molecule has 2 unspecified atom stereocenters. The van der Waals surface area contributed by atoms with Gasteiger partial charge in [0, 0.05) is 42.3 Å². The Bertz CT molecular complexity index is 1170. The number of fused-ring (bicyclic) bond motifs is 1. The predicted molar refractivity (Wildman–Crippen MR) is 126 cm³/mol. The molecule has 0 radical (unpaired) electrons. The van der Waals surface area contributed by atoms with Crippen LogP contribution in [0.1, 0.15) is 27.2 Å². The molecule has 2 atom stereocenters. The second-order valence-electron chi connectivity index (χ2n) is 8.23. The van der Waals surface area contributed by atoms with Gasteiger partial charge in [-0.2, -0.15) is 0 Å². The van der Waals surface area contributed by atoms with E-state index in [0.29, 0.717) is 28.4 Å². The lowest BCUT2D eigenvalue weighted by Crippen LogP contribution is -2.39. The molecule has 174 valence electrons. The van der Waals surface area contributed by atoms with Crippen LogP contribution in [0.2, 0.25) is 0 Å². The van der Waals surface area contributed by atoms with E-state index in [1.54, 1.807) is 7.11 Å². The number of likely N-dealkylation sites (tertiary alicyclic amines) is 1. The van der Waals surface area contributed by atoms with Gasteiger partial charge in [-0.05, 0) is 26.0 Å². The Kier molecular flexibility index (Phi) is 6.37. The number of carbonyl (C=O) groups excluding carboxylic acids is 1. The summed E-state index contributed by atoms with van der Waals surface area (Å²) in [7, 11) is 1.59. The number of aliphatic carboxylic acids is 1. The smallest absolute Gasteiger partial charge is 0.326 e. The summed E-state index contributed by atoms with van der Waals surface area (Å²) < 4.78 is 11.6. The summed E-state index contributed by atoms with van der Waals surface area (Å²) in [6.07, 6.45) is -0.243. The fraction of sp³-hybridized carbons (Fsp3) is 0.391. The van der Waals surface area contributed by atoms with Crippen molar-refractivity contribution in [2.75, 3.05) is 19.0 Å². The lowest BCUT2D eigenvalue weighted by molar-refractivity contribution is -0.147. The first-order valence-electron chi connectivity index (χ1n) is 10.6. The van der Waals surface area contributed by atoms with Gasteiger partial charge in [-0.15, -0.1) is 11.3 Å². The molecule has 1 amide bonds. The Morgan fingerprint density at radius 3 is 2.67 bits per heavy atom. The zero-order valence-corrected chi connectivity index (χ0v) is 19.7. The van der Waals surface area contributed by atoms with Gasteiger partial charge in [0.15, 0.2) is 5.13 Å². The Labute approximate surface area is 195 Å². The van der Waals surface area contributed by atoms with E-state index < -0.39 is 18.1 Å². The maximum atomic E-state index is 11.9. The molecule has 1 saturated heterocycles. The van der Waals surface area contributed by atoms with Gasteiger partial charge in [-0.3, -0.25) is 4.79 Å². The van der Waals surface area contributed by atoms with Gasteiger partial charge >= 0.3 is 5.97 Å². The first-order valence-corrected chi connectivity index (χ1v) is 11.5. The predicted octanol–water partition coefficient (Wildman–Crippen LogP) is 3.64.